The molecule has 2 aromatic carbocycles. The number of hydrogen-bond acceptors (Lipinski definition) is 3. The van der Waals surface area contributed by atoms with Gasteiger partial charge in [0.1, 0.15) is 11.5 Å². The molecular formula is C23H28F2N2O2. The molecule has 0 atom stereocenters. The second-order valence-corrected chi connectivity index (χ2v) is 8.40. The van der Waals surface area contributed by atoms with Crippen molar-refractivity contribution < 1.29 is 18.7 Å². The van der Waals surface area contributed by atoms with Gasteiger partial charge in [0.2, 0.25) is 0 Å². The molecule has 6 heteroatoms. The van der Waals surface area contributed by atoms with Crippen molar-refractivity contribution >= 4 is 11.7 Å². The summed E-state index contributed by atoms with van der Waals surface area (Å²) in [6.45, 7) is 6.46. The molecule has 1 aliphatic heterocycles. The van der Waals surface area contributed by atoms with E-state index in [4.69, 9.17) is 5.11 Å². The SMILES string of the molecule is CC(C)(F)CN1CCC(CNc2ccc(-c3ccc(C(=O)O)c(F)c3)cc2)CC1. The lowest BCUT2D eigenvalue weighted by molar-refractivity contribution is 0.0692. The molecule has 0 aliphatic carbocycles. The van der Waals surface area contributed by atoms with Gasteiger partial charge < -0.3 is 15.3 Å². The summed E-state index contributed by atoms with van der Waals surface area (Å²) < 4.78 is 27.7. The van der Waals surface area contributed by atoms with E-state index in [2.05, 4.69) is 10.2 Å². The minimum absolute atomic E-state index is 0.326. The molecule has 1 fully saturated rings. The Morgan fingerprint density at radius 1 is 1.14 bits per heavy atom. The molecule has 2 aromatic rings. The molecule has 29 heavy (non-hydrogen) atoms. The fourth-order valence-corrected chi connectivity index (χ4v) is 3.79. The lowest BCUT2D eigenvalue weighted by Gasteiger charge is -2.34. The smallest absolute Gasteiger partial charge is 0.338 e. The Morgan fingerprint density at radius 3 is 2.31 bits per heavy atom. The Kier molecular flexibility index (Phi) is 6.52. The molecule has 0 spiro atoms. The van der Waals surface area contributed by atoms with E-state index in [-0.39, 0.29) is 5.56 Å². The predicted molar refractivity (Wildman–Crippen MR) is 112 cm³/mol. The number of aromatic carboxylic acids is 1. The third-order valence-electron chi connectivity index (χ3n) is 5.32. The van der Waals surface area contributed by atoms with Crippen molar-refractivity contribution in [2.24, 2.45) is 5.92 Å². The van der Waals surface area contributed by atoms with Crippen molar-refractivity contribution in [2.75, 3.05) is 31.5 Å². The van der Waals surface area contributed by atoms with Crippen LogP contribution >= 0.6 is 0 Å². The van der Waals surface area contributed by atoms with Gasteiger partial charge in [0, 0.05) is 18.8 Å². The Morgan fingerprint density at radius 2 is 1.76 bits per heavy atom. The third-order valence-corrected chi connectivity index (χ3v) is 5.32. The highest BCUT2D eigenvalue weighted by molar-refractivity contribution is 5.88. The van der Waals surface area contributed by atoms with E-state index in [1.165, 1.54) is 12.1 Å². The molecule has 0 amide bonds. The van der Waals surface area contributed by atoms with Gasteiger partial charge in [-0.3, -0.25) is 0 Å². The summed E-state index contributed by atoms with van der Waals surface area (Å²) in [4.78, 5) is 13.1. The molecule has 0 radical (unpaired) electrons. The minimum atomic E-state index is -1.27. The zero-order valence-corrected chi connectivity index (χ0v) is 16.9. The van der Waals surface area contributed by atoms with E-state index in [1.807, 2.05) is 24.3 Å². The average molecular weight is 402 g/mol. The van der Waals surface area contributed by atoms with E-state index < -0.39 is 17.5 Å². The van der Waals surface area contributed by atoms with Crippen LogP contribution in [-0.4, -0.2) is 47.8 Å². The number of carbonyl (C=O) groups is 1. The molecule has 1 heterocycles. The van der Waals surface area contributed by atoms with Gasteiger partial charge in [0.25, 0.3) is 0 Å². The van der Waals surface area contributed by atoms with Crippen LogP contribution in [-0.2, 0) is 0 Å². The van der Waals surface area contributed by atoms with E-state index in [1.54, 1.807) is 19.9 Å². The first kappa shape index (κ1) is 21.2. The van der Waals surface area contributed by atoms with Crippen molar-refractivity contribution in [1.82, 2.24) is 4.90 Å². The summed E-state index contributed by atoms with van der Waals surface area (Å²) in [5.74, 6) is -1.45. The van der Waals surface area contributed by atoms with Crippen molar-refractivity contribution in [3.05, 3.63) is 53.8 Å². The number of carboxylic acid groups (broad SMARTS) is 1. The van der Waals surface area contributed by atoms with Gasteiger partial charge in [-0.1, -0.05) is 18.2 Å². The number of likely N-dealkylation sites (tertiary alicyclic amines) is 1. The van der Waals surface area contributed by atoms with Crippen LogP contribution in [0.15, 0.2) is 42.5 Å². The van der Waals surface area contributed by atoms with Crippen LogP contribution in [0.1, 0.15) is 37.0 Å². The molecule has 0 bridgehead atoms. The summed E-state index contributed by atoms with van der Waals surface area (Å²) in [7, 11) is 0. The molecule has 0 aromatic heterocycles. The lowest BCUT2D eigenvalue weighted by Crippen LogP contribution is -2.42. The largest absolute Gasteiger partial charge is 0.478 e. The Labute approximate surface area is 170 Å². The maximum Gasteiger partial charge on any atom is 0.338 e. The Bertz CT molecular complexity index is 839. The Hall–Kier alpha value is -2.47. The van der Waals surface area contributed by atoms with Gasteiger partial charge in [0.05, 0.1) is 5.56 Å². The van der Waals surface area contributed by atoms with Crippen molar-refractivity contribution in [1.29, 1.82) is 0 Å². The molecule has 156 valence electrons. The summed E-state index contributed by atoms with van der Waals surface area (Å²) in [5, 5.41) is 12.4. The third kappa shape index (κ3) is 6.00. The number of piperidine rings is 1. The van der Waals surface area contributed by atoms with E-state index in [9.17, 15) is 13.6 Å². The van der Waals surface area contributed by atoms with E-state index in [0.717, 1.165) is 43.7 Å². The maximum atomic E-state index is 13.9. The molecule has 4 nitrogen and oxygen atoms in total. The first-order valence-corrected chi connectivity index (χ1v) is 10.00. The van der Waals surface area contributed by atoms with E-state index >= 15 is 0 Å². The van der Waals surface area contributed by atoms with Crippen LogP contribution in [0.3, 0.4) is 0 Å². The van der Waals surface area contributed by atoms with Crippen molar-refractivity contribution in [3.8, 4) is 11.1 Å². The highest BCUT2D eigenvalue weighted by atomic mass is 19.1. The average Bonchev–Trinajstić information content (AvgIpc) is 2.66. The van der Waals surface area contributed by atoms with Gasteiger partial charge in [0.15, 0.2) is 0 Å². The van der Waals surface area contributed by atoms with Crippen LogP contribution in [0.2, 0.25) is 0 Å². The van der Waals surface area contributed by atoms with Gasteiger partial charge >= 0.3 is 5.97 Å². The second-order valence-electron chi connectivity index (χ2n) is 8.40. The molecular weight excluding hydrogens is 374 g/mol. The second kappa shape index (κ2) is 8.91. The van der Waals surface area contributed by atoms with Crippen LogP contribution in [0.5, 0.6) is 0 Å². The zero-order chi connectivity index (χ0) is 21.0. The van der Waals surface area contributed by atoms with Gasteiger partial charge in [-0.25, -0.2) is 13.6 Å². The molecule has 0 saturated carbocycles. The van der Waals surface area contributed by atoms with Crippen LogP contribution in [0.25, 0.3) is 11.1 Å². The summed E-state index contributed by atoms with van der Waals surface area (Å²) in [6, 6.07) is 11.8. The zero-order valence-electron chi connectivity index (χ0n) is 16.9. The van der Waals surface area contributed by atoms with Crippen LogP contribution in [0.4, 0.5) is 14.5 Å². The number of anilines is 1. The maximum absolute atomic E-state index is 13.9. The number of nitrogens with one attached hydrogen (secondary N) is 1. The molecule has 1 saturated heterocycles. The number of carboxylic acids is 1. The molecule has 0 unspecified atom stereocenters. The summed E-state index contributed by atoms with van der Waals surface area (Å²) in [5.41, 5.74) is 0.983. The minimum Gasteiger partial charge on any atom is -0.478 e. The first-order chi connectivity index (χ1) is 13.7. The normalized spacial score (nSPS) is 16.0. The summed E-state index contributed by atoms with van der Waals surface area (Å²) >= 11 is 0. The topological polar surface area (TPSA) is 52.6 Å². The molecule has 1 aliphatic rings. The number of nitrogens with zero attached hydrogens (tertiary/aromatic N) is 1. The van der Waals surface area contributed by atoms with E-state index in [0.29, 0.717) is 18.0 Å². The number of hydrogen-bond donors (Lipinski definition) is 2. The highest BCUT2D eigenvalue weighted by Crippen LogP contribution is 2.25. The lowest BCUT2D eigenvalue weighted by atomic mass is 9.95. The summed E-state index contributed by atoms with van der Waals surface area (Å²) in [6.07, 6.45) is 2.10. The van der Waals surface area contributed by atoms with Crippen molar-refractivity contribution in [3.63, 3.8) is 0 Å². The van der Waals surface area contributed by atoms with Gasteiger partial charge in [-0.15, -0.1) is 0 Å². The fraction of sp³-hybridized carbons (Fsp3) is 0.435. The van der Waals surface area contributed by atoms with Crippen molar-refractivity contribution in [2.45, 2.75) is 32.4 Å². The first-order valence-electron chi connectivity index (χ1n) is 10.00. The molecule has 3 rings (SSSR count). The van der Waals surface area contributed by atoms with Gasteiger partial charge in [-0.2, -0.15) is 0 Å². The van der Waals surface area contributed by atoms with Gasteiger partial charge in [-0.05, 0) is 81.1 Å². The Balaban J connectivity index is 1.51. The standard InChI is InChI=1S/C23H28F2N2O2/c1-23(2,25)15-27-11-9-16(10-12-27)14-26-19-6-3-17(4-7-19)18-5-8-20(22(28)29)21(24)13-18/h3-8,13,16,26H,9-12,14-15H2,1-2H3,(H,28,29). The number of rotatable bonds is 7. The number of benzene rings is 2. The molecule has 2 N–H and O–H groups in total. The number of halogens is 2. The van der Waals surface area contributed by atoms with Crippen LogP contribution < -0.4 is 5.32 Å². The highest BCUT2D eigenvalue weighted by Gasteiger charge is 2.25. The predicted octanol–water partition coefficient (Wildman–Crippen LogP) is 5.06. The quantitative estimate of drug-likeness (QED) is 0.680. The fourth-order valence-electron chi connectivity index (χ4n) is 3.79. The van der Waals surface area contributed by atoms with Crippen LogP contribution in [0, 0.1) is 11.7 Å². The number of alkyl halides is 1. The monoisotopic (exact) mass is 402 g/mol.